The molecule has 0 bridgehead atoms. The van der Waals surface area contributed by atoms with Crippen LogP contribution in [0.25, 0.3) is 0 Å². The van der Waals surface area contributed by atoms with Gasteiger partial charge in [-0.2, -0.15) is 0 Å². The van der Waals surface area contributed by atoms with E-state index in [1.807, 2.05) is 6.07 Å². The van der Waals surface area contributed by atoms with E-state index in [4.69, 9.17) is 9.84 Å². The van der Waals surface area contributed by atoms with Gasteiger partial charge in [-0.3, -0.25) is 0 Å². The summed E-state index contributed by atoms with van der Waals surface area (Å²) in [6.45, 7) is 0.316. The normalized spacial score (nSPS) is 19.7. The van der Waals surface area contributed by atoms with Crippen LogP contribution in [0.5, 0.6) is 5.75 Å². The monoisotopic (exact) mass is 206 g/mol. The molecule has 0 radical (unpaired) electrons. The standard InChI is InChI=1S/C13H18O2/c1-15-13-5-4-11-8-10(6-7-14)2-3-12(11)9-13/h4-5,9-10,14H,2-3,6-8H2,1H3. The molecule has 0 saturated heterocycles. The number of benzene rings is 1. The molecule has 0 spiro atoms. The van der Waals surface area contributed by atoms with Gasteiger partial charge in [0.25, 0.3) is 0 Å². The van der Waals surface area contributed by atoms with Crippen molar-refractivity contribution in [2.75, 3.05) is 13.7 Å². The maximum absolute atomic E-state index is 8.93. The summed E-state index contributed by atoms with van der Waals surface area (Å²) in [6, 6.07) is 6.34. The van der Waals surface area contributed by atoms with Crippen LogP contribution in [0.3, 0.4) is 0 Å². The largest absolute Gasteiger partial charge is 0.497 e. The fourth-order valence-corrected chi connectivity index (χ4v) is 2.36. The second-order valence-corrected chi connectivity index (χ2v) is 4.26. The van der Waals surface area contributed by atoms with Crippen molar-refractivity contribution in [1.82, 2.24) is 0 Å². The molecule has 1 N–H and O–H groups in total. The first-order chi connectivity index (χ1) is 7.33. The summed E-state index contributed by atoms with van der Waals surface area (Å²) >= 11 is 0. The first-order valence-electron chi connectivity index (χ1n) is 5.60. The Bertz CT molecular complexity index is 333. The van der Waals surface area contributed by atoms with E-state index >= 15 is 0 Å². The quantitative estimate of drug-likeness (QED) is 0.821. The number of hydrogen-bond donors (Lipinski definition) is 1. The molecule has 2 rings (SSSR count). The number of aliphatic hydroxyl groups excluding tert-OH is 1. The zero-order valence-electron chi connectivity index (χ0n) is 9.20. The lowest BCUT2D eigenvalue weighted by molar-refractivity contribution is 0.248. The first-order valence-corrected chi connectivity index (χ1v) is 5.60. The highest BCUT2D eigenvalue weighted by Crippen LogP contribution is 2.29. The van der Waals surface area contributed by atoms with E-state index in [1.165, 1.54) is 17.5 Å². The summed E-state index contributed by atoms with van der Waals surface area (Å²) < 4.78 is 5.21. The third-order valence-electron chi connectivity index (χ3n) is 3.28. The van der Waals surface area contributed by atoms with Crippen molar-refractivity contribution in [3.63, 3.8) is 0 Å². The number of hydrogen-bond acceptors (Lipinski definition) is 2. The van der Waals surface area contributed by atoms with E-state index in [9.17, 15) is 0 Å². The minimum atomic E-state index is 0.316. The van der Waals surface area contributed by atoms with Gasteiger partial charge >= 0.3 is 0 Å². The van der Waals surface area contributed by atoms with E-state index < -0.39 is 0 Å². The Morgan fingerprint density at radius 2 is 2.27 bits per heavy atom. The fourth-order valence-electron chi connectivity index (χ4n) is 2.36. The number of rotatable bonds is 3. The molecule has 0 heterocycles. The van der Waals surface area contributed by atoms with Crippen molar-refractivity contribution in [1.29, 1.82) is 0 Å². The molecule has 1 unspecified atom stereocenters. The topological polar surface area (TPSA) is 29.5 Å². The van der Waals surface area contributed by atoms with Crippen LogP contribution in [0.2, 0.25) is 0 Å². The first kappa shape index (κ1) is 10.5. The highest BCUT2D eigenvalue weighted by Gasteiger charge is 2.18. The molecule has 0 aromatic heterocycles. The van der Waals surface area contributed by atoms with Crippen molar-refractivity contribution in [2.45, 2.75) is 25.7 Å². The lowest BCUT2D eigenvalue weighted by atomic mass is 9.82. The number of methoxy groups -OCH3 is 1. The van der Waals surface area contributed by atoms with Gasteiger partial charge in [0.05, 0.1) is 7.11 Å². The van der Waals surface area contributed by atoms with Gasteiger partial charge < -0.3 is 9.84 Å². The van der Waals surface area contributed by atoms with Crippen LogP contribution in [0.1, 0.15) is 24.0 Å². The Morgan fingerprint density at radius 3 is 3.00 bits per heavy atom. The van der Waals surface area contributed by atoms with Crippen LogP contribution in [0, 0.1) is 5.92 Å². The molecule has 15 heavy (non-hydrogen) atoms. The van der Waals surface area contributed by atoms with Crippen LogP contribution in [-0.4, -0.2) is 18.8 Å². The number of fused-ring (bicyclic) bond motifs is 1. The second-order valence-electron chi connectivity index (χ2n) is 4.26. The predicted molar refractivity (Wildman–Crippen MR) is 60.2 cm³/mol. The van der Waals surface area contributed by atoms with Gasteiger partial charge in [-0.15, -0.1) is 0 Å². The summed E-state index contributed by atoms with van der Waals surface area (Å²) in [5.41, 5.74) is 2.85. The van der Waals surface area contributed by atoms with Crippen LogP contribution in [0.4, 0.5) is 0 Å². The van der Waals surface area contributed by atoms with Gasteiger partial charge in [-0.25, -0.2) is 0 Å². The third-order valence-corrected chi connectivity index (χ3v) is 3.28. The Balaban J connectivity index is 2.13. The molecule has 1 atom stereocenters. The maximum atomic E-state index is 8.93. The highest BCUT2D eigenvalue weighted by atomic mass is 16.5. The Labute approximate surface area is 90.9 Å². The predicted octanol–water partition coefficient (Wildman–Crippen LogP) is 2.18. The van der Waals surface area contributed by atoms with Gasteiger partial charge in [-0.1, -0.05) is 6.07 Å². The van der Waals surface area contributed by atoms with Crippen LogP contribution in [-0.2, 0) is 12.8 Å². The molecule has 1 aliphatic rings. The minimum Gasteiger partial charge on any atom is -0.497 e. The van der Waals surface area contributed by atoms with Crippen molar-refractivity contribution < 1.29 is 9.84 Å². The van der Waals surface area contributed by atoms with Gasteiger partial charge in [0.1, 0.15) is 5.75 Å². The van der Waals surface area contributed by atoms with Crippen LogP contribution >= 0.6 is 0 Å². The van der Waals surface area contributed by atoms with Gasteiger partial charge in [0, 0.05) is 6.61 Å². The average Bonchev–Trinajstić information content (AvgIpc) is 2.29. The third kappa shape index (κ3) is 2.32. The Morgan fingerprint density at radius 1 is 1.40 bits per heavy atom. The van der Waals surface area contributed by atoms with Gasteiger partial charge in [-0.05, 0) is 54.9 Å². The molecule has 1 aromatic rings. The van der Waals surface area contributed by atoms with Crippen molar-refractivity contribution in [3.05, 3.63) is 29.3 Å². The highest BCUT2D eigenvalue weighted by molar-refractivity contribution is 5.37. The molecule has 82 valence electrons. The molecular formula is C13H18O2. The van der Waals surface area contributed by atoms with Gasteiger partial charge in [0.2, 0.25) is 0 Å². The smallest absolute Gasteiger partial charge is 0.119 e. The van der Waals surface area contributed by atoms with Crippen molar-refractivity contribution in [3.8, 4) is 5.75 Å². The lowest BCUT2D eigenvalue weighted by Gasteiger charge is -2.24. The second kappa shape index (κ2) is 4.67. The zero-order chi connectivity index (χ0) is 10.7. The van der Waals surface area contributed by atoms with E-state index in [-0.39, 0.29) is 0 Å². The maximum Gasteiger partial charge on any atom is 0.119 e. The Hall–Kier alpha value is -1.02. The zero-order valence-corrected chi connectivity index (χ0v) is 9.20. The van der Waals surface area contributed by atoms with E-state index in [1.54, 1.807) is 7.11 Å². The fraction of sp³-hybridized carbons (Fsp3) is 0.538. The summed E-state index contributed by atoms with van der Waals surface area (Å²) in [5, 5.41) is 8.93. The molecule has 0 fully saturated rings. The lowest BCUT2D eigenvalue weighted by Crippen LogP contribution is -2.15. The summed E-state index contributed by atoms with van der Waals surface area (Å²) in [4.78, 5) is 0. The number of aryl methyl sites for hydroxylation is 1. The Kier molecular flexibility index (Phi) is 3.27. The van der Waals surface area contributed by atoms with E-state index in [0.717, 1.165) is 25.0 Å². The number of ether oxygens (including phenoxy) is 1. The van der Waals surface area contributed by atoms with E-state index in [0.29, 0.717) is 12.5 Å². The summed E-state index contributed by atoms with van der Waals surface area (Å²) in [6.07, 6.45) is 4.36. The molecule has 2 heteroatoms. The molecule has 0 amide bonds. The molecule has 1 aliphatic carbocycles. The van der Waals surface area contributed by atoms with Crippen LogP contribution < -0.4 is 4.74 Å². The van der Waals surface area contributed by atoms with Crippen molar-refractivity contribution in [2.24, 2.45) is 5.92 Å². The van der Waals surface area contributed by atoms with Crippen molar-refractivity contribution >= 4 is 0 Å². The summed E-state index contributed by atoms with van der Waals surface area (Å²) in [5.74, 6) is 1.62. The molecule has 1 aromatic carbocycles. The SMILES string of the molecule is COc1ccc2c(c1)CCC(CCO)C2. The number of aliphatic hydroxyl groups is 1. The molecule has 0 saturated carbocycles. The van der Waals surface area contributed by atoms with E-state index in [2.05, 4.69) is 12.1 Å². The van der Waals surface area contributed by atoms with Crippen LogP contribution in [0.15, 0.2) is 18.2 Å². The molecular weight excluding hydrogens is 188 g/mol. The molecule has 0 aliphatic heterocycles. The minimum absolute atomic E-state index is 0.316. The molecule has 2 nitrogen and oxygen atoms in total. The average molecular weight is 206 g/mol. The van der Waals surface area contributed by atoms with Gasteiger partial charge in [0.15, 0.2) is 0 Å². The summed E-state index contributed by atoms with van der Waals surface area (Å²) in [7, 11) is 1.71.